The van der Waals surface area contributed by atoms with E-state index in [1.807, 2.05) is 0 Å². The number of thiol groups is 1. The highest BCUT2D eigenvalue weighted by Crippen LogP contribution is 2.31. The summed E-state index contributed by atoms with van der Waals surface area (Å²) in [5.74, 6) is 0. The Hall–Kier alpha value is -0.410. The van der Waals surface area contributed by atoms with Crippen molar-refractivity contribution in [3.05, 3.63) is 22.7 Å². The fourth-order valence-corrected chi connectivity index (χ4v) is 2.97. The van der Waals surface area contributed by atoms with Crippen LogP contribution in [-0.4, -0.2) is 8.42 Å². The number of hydrogen-bond donors (Lipinski definition) is 1. The number of halogens is 2. The van der Waals surface area contributed by atoms with E-state index in [4.69, 9.17) is 27.5 Å². The number of hydrogen-bond acceptors (Lipinski definition) is 4. The normalized spacial score (nSPS) is 11.0. The minimum absolute atomic E-state index is 0.0886. The lowest BCUT2D eigenvalue weighted by Gasteiger charge is -2.04. The molecule has 0 fully saturated rings. The van der Waals surface area contributed by atoms with Crippen molar-refractivity contribution in [2.24, 2.45) is 0 Å². The minimum Gasteiger partial charge on any atom is -0.207 e. The summed E-state index contributed by atoms with van der Waals surface area (Å²) in [5.41, 5.74) is -0.143. The van der Waals surface area contributed by atoms with Gasteiger partial charge < -0.3 is 0 Å². The van der Waals surface area contributed by atoms with Gasteiger partial charge in [0.2, 0.25) is 0 Å². The molecule has 0 aliphatic heterocycles. The van der Waals surface area contributed by atoms with Gasteiger partial charge in [0, 0.05) is 15.6 Å². The van der Waals surface area contributed by atoms with Crippen molar-refractivity contribution < 1.29 is 8.42 Å². The first-order valence-corrected chi connectivity index (χ1v) is 6.37. The fourth-order valence-electron chi connectivity index (χ4n) is 0.893. The first-order valence-electron chi connectivity index (χ1n) is 3.24. The maximum atomic E-state index is 11.1. The summed E-state index contributed by atoms with van der Waals surface area (Å²) in [6.45, 7) is 0. The summed E-state index contributed by atoms with van der Waals surface area (Å²) in [4.78, 5) is -0.174. The molecule has 0 atom stereocenters. The van der Waals surface area contributed by atoms with Crippen molar-refractivity contribution in [1.82, 2.24) is 0 Å². The molecule has 0 heterocycles. The van der Waals surface area contributed by atoms with Gasteiger partial charge in [-0.3, -0.25) is 0 Å². The standard InChI is InChI=1S/C7H3Cl2NO2S2/c8-5-1-2-6(13)4(3-10)7(5)14(9,11)12/h1-2,13H. The second-order valence-electron chi connectivity index (χ2n) is 2.32. The predicted octanol–water partition coefficient (Wildman–Crippen LogP) is 2.43. The maximum absolute atomic E-state index is 11.1. The highest BCUT2D eigenvalue weighted by molar-refractivity contribution is 8.13. The number of benzene rings is 1. The molecule has 0 saturated carbocycles. The van der Waals surface area contributed by atoms with Gasteiger partial charge in [0.15, 0.2) is 0 Å². The SMILES string of the molecule is N#Cc1c(S)ccc(Cl)c1S(=O)(=O)Cl. The Morgan fingerprint density at radius 2 is 2.00 bits per heavy atom. The van der Waals surface area contributed by atoms with Gasteiger partial charge in [0.25, 0.3) is 9.05 Å². The van der Waals surface area contributed by atoms with Crippen LogP contribution >= 0.6 is 34.9 Å². The number of rotatable bonds is 1. The maximum Gasteiger partial charge on any atom is 0.264 e. The third-order valence-electron chi connectivity index (χ3n) is 1.44. The zero-order valence-corrected chi connectivity index (χ0v) is 9.75. The Kier molecular flexibility index (Phi) is 3.32. The zero-order chi connectivity index (χ0) is 10.9. The van der Waals surface area contributed by atoms with Gasteiger partial charge in [-0.2, -0.15) is 5.26 Å². The Labute approximate surface area is 96.1 Å². The van der Waals surface area contributed by atoms with Gasteiger partial charge in [-0.15, -0.1) is 12.6 Å². The monoisotopic (exact) mass is 267 g/mol. The molecule has 0 unspecified atom stereocenters. The van der Waals surface area contributed by atoms with Crippen LogP contribution in [0, 0.1) is 11.3 Å². The van der Waals surface area contributed by atoms with Crippen LogP contribution in [0.15, 0.2) is 21.9 Å². The van der Waals surface area contributed by atoms with E-state index in [2.05, 4.69) is 12.6 Å². The number of nitrogens with zero attached hydrogens (tertiary/aromatic N) is 1. The summed E-state index contributed by atoms with van der Waals surface area (Å²) < 4.78 is 22.2. The molecule has 3 nitrogen and oxygen atoms in total. The smallest absolute Gasteiger partial charge is 0.207 e. The molecular weight excluding hydrogens is 265 g/mol. The van der Waals surface area contributed by atoms with Crippen molar-refractivity contribution >= 4 is 44.0 Å². The van der Waals surface area contributed by atoms with E-state index in [-0.39, 0.29) is 15.5 Å². The van der Waals surface area contributed by atoms with Crippen molar-refractivity contribution in [1.29, 1.82) is 5.26 Å². The Morgan fingerprint density at radius 1 is 1.43 bits per heavy atom. The molecule has 1 aromatic carbocycles. The van der Waals surface area contributed by atoms with Crippen LogP contribution in [0.1, 0.15) is 5.56 Å². The van der Waals surface area contributed by atoms with Gasteiger partial charge in [0.1, 0.15) is 11.0 Å². The molecule has 14 heavy (non-hydrogen) atoms. The van der Waals surface area contributed by atoms with Crippen molar-refractivity contribution in [3.8, 4) is 6.07 Å². The molecular formula is C7H3Cl2NO2S2. The van der Waals surface area contributed by atoms with Crippen molar-refractivity contribution in [3.63, 3.8) is 0 Å². The highest BCUT2D eigenvalue weighted by Gasteiger charge is 2.21. The predicted molar refractivity (Wildman–Crippen MR) is 56.5 cm³/mol. The summed E-state index contributed by atoms with van der Waals surface area (Å²) in [6, 6.07) is 4.43. The van der Waals surface area contributed by atoms with Crippen LogP contribution in [0.25, 0.3) is 0 Å². The van der Waals surface area contributed by atoms with Crippen LogP contribution in [-0.2, 0) is 9.05 Å². The van der Waals surface area contributed by atoms with E-state index in [1.54, 1.807) is 6.07 Å². The third-order valence-corrected chi connectivity index (χ3v) is 3.62. The molecule has 0 aliphatic rings. The lowest BCUT2D eigenvalue weighted by molar-refractivity contribution is 0.609. The average Bonchev–Trinajstić information content (AvgIpc) is 2.06. The van der Waals surface area contributed by atoms with E-state index in [0.29, 0.717) is 0 Å². The molecule has 7 heteroatoms. The molecule has 0 N–H and O–H groups in total. The fraction of sp³-hybridized carbons (Fsp3) is 0. The largest absolute Gasteiger partial charge is 0.264 e. The molecule has 0 aromatic heterocycles. The third kappa shape index (κ3) is 2.15. The lowest BCUT2D eigenvalue weighted by atomic mass is 10.2. The Balaban J connectivity index is 3.74. The second-order valence-corrected chi connectivity index (χ2v) is 5.71. The molecule has 74 valence electrons. The van der Waals surface area contributed by atoms with Crippen LogP contribution in [0.5, 0.6) is 0 Å². The van der Waals surface area contributed by atoms with Gasteiger partial charge >= 0.3 is 0 Å². The molecule has 0 amide bonds. The van der Waals surface area contributed by atoms with Gasteiger partial charge in [-0.25, -0.2) is 8.42 Å². The van der Waals surface area contributed by atoms with Crippen LogP contribution in [0.2, 0.25) is 5.02 Å². The van der Waals surface area contributed by atoms with E-state index in [9.17, 15) is 8.42 Å². The topological polar surface area (TPSA) is 57.9 Å². The van der Waals surface area contributed by atoms with E-state index in [0.717, 1.165) is 0 Å². The molecule has 1 rings (SSSR count). The van der Waals surface area contributed by atoms with E-state index in [1.165, 1.54) is 12.1 Å². The molecule has 0 spiro atoms. The summed E-state index contributed by atoms with van der Waals surface area (Å²) in [7, 11) is 1.09. The van der Waals surface area contributed by atoms with Crippen LogP contribution in [0.4, 0.5) is 0 Å². The minimum atomic E-state index is -4.03. The van der Waals surface area contributed by atoms with Crippen LogP contribution in [0.3, 0.4) is 0 Å². The summed E-state index contributed by atoms with van der Waals surface area (Å²) >= 11 is 9.54. The number of nitriles is 1. The quantitative estimate of drug-likeness (QED) is 0.628. The molecule has 0 radical (unpaired) electrons. The first kappa shape index (κ1) is 11.7. The Bertz CT molecular complexity index is 519. The van der Waals surface area contributed by atoms with Crippen molar-refractivity contribution in [2.45, 2.75) is 9.79 Å². The van der Waals surface area contributed by atoms with E-state index < -0.39 is 13.9 Å². The molecule has 0 aliphatic carbocycles. The molecule has 1 aromatic rings. The molecule has 0 bridgehead atoms. The van der Waals surface area contributed by atoms with Crippen molar-refractivity contribution in [2.75, 3.05) is 0 Å². The zero-order valence-electron chi connectivity index (χ0n) is 6.53. The Morgan fingerprint density at radius 3 is 2.36 bits per heavy atom. The summed E-state index contributed by atoms with van der Waals surface area (Å²) in [5, 5.41) is 8.62. The lowest BCUT2D eigenvalue weighted by Crippen LogP contribution is -1.97. The molecule has 0 saturated heterocycles. The van der Waals surface area contributed by atoms with Gasteiger partial charge in [0.05, 0.1) is 10.6 Å². The highest BCUT2D eigenvalue weighted by atomic mass is 35.7. The first-order chi connectivity index (χ1) is 6.38. The van der Waals surface area contributed by atoms with E-state index >= 15 is 0 Å². The van der Waals surface area contributed by atoms with Crippen LogP contribution < -0.4 is 0 Å². The van der Waals surface area contributed by atoms with Gasteiger partial charge in [-0.05, 0) is 12.1 Å². The second kappa shape index (κ2) is 3.99. The average molecular weight is 268 g/mol. The van der Waals surface area contributed by atoms with Gasteiger partial charge in [-0.1, -0.05) is 11.6 Å². The summed E-state index contributed by atoms with van der Waals surface area (Å²) in [6.07, 6.45) is 0.